The Kier molecular flexibility index (Phi) is 5.04. The quantitative estimate of drug-likeness (QED) is 0.891. The highest BCUT2D eigenvalue weighted by Crippen LogP contribution is 2.21. The number of nitrogens with one attached hydrogen (secondary N) is 1. The monoisotopic (exact) mass is 343 g/mol. The van der Waals surface area contributed by atoms with Gasteiger partial charge in [-0.15, -0.1) is 0 Å². The molecule has 0 bridgehead atoms. The van der Waals surface area contributed by atoms with Crippen LogP contribution >= 0.6 is 11.6 Å². The third-order valence-corrected chi connectivity index (χ3v) is 6.71. The van der Waals surface area contributed by atoms with Crippen molar-refractivity contribution in [2.45, 2.75) is 18.2 Å². The molecule has 2 heterocycles. The van der Waals surface area contributed by atoms with Crippen molar-refractivity contribution < 1.29 is 8.42 Å². The van der Waals surface area contributed by atoms with E-state index in [1.54, 1.807) is 16.4 Å². The van der Waals surface area contributed by atoms with Crippen LogP contribution in [-0.2, 0) is 15.8 Å². The first-order valence-electron chi connectivity index (χ1n) is 7.72. The van der Waals surface area contributed by atoms with Crippen molar-refractivity contribution in [3.05, 3.63) is 34.9 Å². The lowest BCUT2D eigenvalue weighted by Crippen LogP contribution is -2.52. The van der Waals surface area contributed by atoms with Gasteiger partial charge < -0.3 is 5.32 Å². The van der Waals surface area contributed by atoms with E-state index in [1.807, 2.05) is 12.1 Å². The number of benzene rings is 1. The molecular weight excluding hydrogens is 322 g/mol. The smallest absolute Gasteiger partial charge is 0.218 e. The summed E-state index contributed by atoms with van der Waals surface area (Å²) in [5, 5.41) is 3.88. The number of halogens is 1. The Hall–Kier alpha value is -0.660. The predicted molar refractivity (Wildman–Crippen MR) is 88.5 cm³/mol. The van der Waals surface area contributed by atoms with Crippen molar-refractivity contribution in [3.63, 3.8) is 0 Å². The third-order valence-electron chi connectivity index (χ3n) is 4.51. The van der Waals surface area contributed by atoms with Gasteiger partial charge in [0.15, 0.2) is 0 Å². The number of sulfonamides is 1. The molecule has 2 saturated heterocycles. The fourth-order valence-corrected chi connectivity index (χ4v) is 5.03. The Morgan fingerprint density at radius 3 is 2.55 bits per heavy atom. The van der Waals surface area contributed by atoms with Gasteiger partial charge in [0, 0.05) is 43.8 Å². The van der Waals surface area contributed by atoms with Crippen LogP contribution in [0.15, 0.2) is 24.3 Å². The third kappa shape index (κ3) is 3.63. The van der Waals surface area contributed by atoms with Crippen LogP contribution in [0.5, 0.6) is 0 Å². The van der Waals surface area contributed by atoms with Crippen LogP contribution in [0, 0.1) is 0 Å². The van der Waals surface area contributed by atoms with Crippen LogP contribution in [0.4, 0.5) is 0 Å². The normalized spacial score (nSPS) is 24.7. The number of rotatable bonds is 4. The van der Waals surface area contributed by atoms with Crippen LogP contribution in [0.2, 0.25) is 5.02 Å². The maximum atomic E-state index is 12.6. The van der Waals surface area contributed by atoms with Gasteiger partial charge in [0.05, 0.1) is 5.75 Å². The summed E-state index contributed by atoms with van der Waals surface area (Å²) in [6.45, 7) is 4.86. The molecule has 0 aromatic heterocycles. The van der Waals surface area contributed by atoms with Crippen LogP contribution in [0.25, 0.3) is 0 Å². The van der Waals surface area contributed by atoms with Gasteiger partial charge >= 0.3 is 0 Å². The molecule has 1 aromatic rings. The molecule has 0 spiro atoms. The van der Waals surface area contributed by atoms with Crippen molar-refractivity contribution in [1.29, 1.82) is 0 Å². The second-order valence-electron chi connectivity index (χ2n) is 5.93. The zero-order valence-corrected chi connectivity index (χ0v) is 14.1. The van der Waals surface area contributed by atoms with E-state index in [-0.39, 0.29) is 5.75 Å². The Balaban J connectivity index is 1.61. The highest BCUT2D eigenvalue weighted by molar-refractivity contribution is 7.88. The number of hydrogen-bond donors (Lipinski definition) is 1. The van der Waals surface area contributed by atoms with Gasteiger partial charge in [0.1, 0.15) is 0 Å². The average molecular weight is 344 g/mol. The van der Waals surface area contributed by atoms with Crippen molar-refractivity contribution in [3.8, 4) is 0 Å². The van der Waals surface area contributed by atoms with Crippen molar-refractivity contribution in [1.82, 2.24) is 14.5 Å². The van der Waals surface area contributed by atoms with E-state index >= 15 is 0 Å². The predicted octanol–water partition coefficient (Wildman–Crippen LogP) is 1.15. The summed E-state index contributed by atoms with van der Waals surface area (Å²) in [7, 11) is -3.30. The summed E-state index contributed by atoms with van der Waals surface area (Å²) >= 11 is 6.08. The van der Waals surface area contributed by atoms with E-state index in [2.05, 4.69) is 10.2 Å². The lowest BCUT2D eigenvalue weighted by Gasteiger charge is -2.37. The van der Waals surface area contributed by atoms with Crippen molar-refractivity contribution in [2.75, 3.05) is 39.3 Å². The minimum Gasteiger partial charge on any atom is -0.315 e. The zero-order chi connectivity index (χ0) is 15.6. The highest BCUT2D eigenvalue weighted by Gasteiger charge is 2.31. The Labute approximate surface area is 137 Å². The molecule has 3 rings (SSSR count). The summed E-state index contributed by atoms with van der Waals surface area (Å²) in [6, 6.07) is 7.71. The zero-order valence-electron chi connectivity index (χ0n) is 12.5. The molecule has 0 radical (unpaired) electrons. The molecule has 122 valence electrons. The second-order valence-corrected chi connectivity index (χ2v) is 8.31. The Morgan fingerprint density at radius 2 is 1.91 bits per heavy atom. The molecular formula is C15H22ClN3O2S. The largest absolute Gasteiger partial charge is 0.315 e. The molecule has 0 amide bonds. The van der Waals surface area contributed by atoms with Gasteiger partial charge in [-0.2, -0.15) is 4.31 Å². The summed E-state index contributed by atoms with van der Waals surface area (Å²) in [5.74, 6) is -0.0162. The molecule has 1 atom stereocenters. The van der Waals surface area contributed by atoms with Gasteiger partial charge in [0.25, 0.3) is 0 Å². The topological polar surface area (TPSA) is 52.7 Å². The summed E-state index contributed by atoms with van der Waals surface area (Å²) in [4.78, 5) is 2.40. The van der Waals surface area contributed by atoms with Gasteiger partial charge in [-0.3, -0.25) is 4.90 Å². The van der Waals surface area contributed by atoms with Crippen molar-refractivity contribution in [2.24, 2.45) is 0 Å². The van der Waals surface area contributed by atoms with Crippen LogP contribution in [0.1, 0.15) is 12.0 Å². The summed E-state index contributed by atoms with van der Waals surface area (Å²) in [6.07, 6.45) is 1.16. The van der Waals surface area contributed by atoms with E-state index < -0.39 is 10.0 Å². The standard InChI is InChI=1S/C15H22ClN3O2S/c16-15-4-2-1-3-13(15)12-22(20,21)19-9-7-18(8-10-19)14-5-6-17-11-14/h1-4,14,17H,5-12H2. The number of nitrogens with zero attached hydrogens (tertiary/aromatic N) is 2. The first-order valence-corrected chi connectivity index (χ1v) is 9.71. The number of hydrogen-bond acceptors (Lipinski definition) is 4. The fraction of sp³-hybridized carbons (Fsp3) is 0.600. The fourth-order valence-electron chi connectivity index (χ4n) is 3.20. The summed E-state index contributed by atoms with van der Waals surface area (Å²) < 4.78 is 26.7. The Morgan fingerprint density at radius 1 is 1.18 bits per heavy atom. The number of piperazine rings is 1. The Bertz CT molecular complexity index is 609. The van der Waals surface area contributed by atoms with Crippen LogP contribution in [0.3, 0.4) is 0 Å². The van der Waals surface area contributed by atoms with Gasteiger partial charge in [-0.05, 0) is 24.6 Å². The molecule has 1 aromatic carbocycles. The minimum absolute atomic E-state index is 0.0162. The van der Waals surface area contributed by atoms with Crippen LogP contribution < -0.4 is 5.32 Å². The van der Waals surface area contributed by atoms with E-state index in [9.17, 15) is 8.42 Å². The van der Waals surface area contributed by atoms with Crippen molar-refractivity contribution >= 4 is 21.6 Å². The maximum Gasteiger partial charge on any atom is 0.218 e. The molecule has 2 aliphatic heterocycles. The molecule has 2 fully saturated rings. The molecule has 7 heteroatoms. The average Bonchev–Trinajstić information content (AvgIpc) is 3.04. The van der Waals surface area contributed by atoms with Gasteiger partial charge in [-0.1, -0.05) is 29.8 Å². The lowest BCUT2D eigenvalue weighted by molar-refractivity contribution is 0.145. The molecule has 1 unspecified atom stereocenters. The molecule has 5 nitrogen and oxygen atoms in total. The van der Waals surface area contributed by atoms with E-state index in [0.29, 0.717) is 29.7 Å². The van der Waals surface area contributed by atoms with E-state index in [4.69, 9.17) is 11.6 Å². The van der Waals surface area contributed by atoms with E-state index in [1.165, 1.54) is 0 Å². The van der Waals surface area contributed by atoms with Gasteiger partial charge in [-0.25, -0.2) is 8.42 Å². The molecule has 22 heavy (non-hydrogen) atoms. The van der Waals surface area contributed by atoms with E-state index in [0.717, 1.165) is 32.6 Å². The maximum absolute atomic E-state index is 12.6. The summed E-state index contributed by atoms with van der Waals surface area (Å²) in [5.41, 5.74) is 0.673. The van der Waals surface area contributed by atoms with Crippen LogP contribution in [-0.4, -0.2) is 62.9 Å². The molecule has 2 aliphatic rings. The minimum atomic E-state index is -3.30. The molecule has 1 N–H and O–H groups in total. The first kappa shape index (κ1) is 16.2. The SMILES string of the molecule is O=S(=O)(Cc1ccccc1Cl)N1CCN(C2CCNC2)CC1. The first-order chi connectivity index (χ1) is 10.6. The second kappa shape index (κ2) is 6.84. The molecule has 0 aliphatic carbocycles. The lowest BCUT2D eigenvalue weighted by atomic mass is 10.2. The van der Waals surface area contributed by atoms with Gasteiger partial charge in [0.2, 0.25) is 10.0 Å². The highest BCUT2D eigenvalue weighted by atomic mass is 35.5. The molecule has 0 saturated carbocycles.